The Bertz CT molecular complexity index is 1860. The van der Waals surface area contributed by atoms with Crippen LogP contribution in [0.1, 0.15) is 5.56 Å². The Kier molecular flexibility index (Phi) is 6.45. The van der Waals surface area contributed by atoms with Gasteiger partial charge < -0.3 is 4.74 Å². The lowest BCUT2D eigenvalue weighted by molar-refractivity contribution is 0.363. The Morgan fingerprint density at radius 2 is 1.68 bits per heavy atom. The summed E-state index contributed by atoms with van der Waals surface area (Å²) in [5.74, 6) is 1.26. The second-order valence-electron chi connectivity index (χ2n) is 8.39. The Morgan fingerprint density at radius 3 is 2.39 bits per heavy atom. The average Bonchev–Trinajstić information content (AvgIpc) is 3.64. The van der Waals surface area contributed by atoms with Gasteiger partial charge in [-0.05, 0) is 54.6 Å². The molecule has 7 nitrogen and oxygen atoms in total. The van der Waals surface area contributed by atoms with Gasteiger partial charge in [0.15, 0.2) is 5.82 Å². The first-order valence-corrected chi connectivity index (χ1v) is 13.4. The van der Waals surface area contributed by atoms with Gasteiger partial charge in [-0.25, -0.2) is 4.68 Å². The first-order valence-electron chi connectivity index (χ1n) is 11.8. The zero-order chi connectivity index (χ0) is 26.1. The third-order valence-corrected chi connectivity index (χ3v) is 7.32. The van der Waals surface area contributed by atoms with Crippen molar-refractivity contribution in [3.05, 3.63) is 123 Å². The van der Waals surface area contributed by atoms with E-state index in [9.17, 15) is 4.79 Å². The Labute approximate surface area is 230 Å². The summed E-state index contributed by atoms with van der Waals surface area (Å²) in [5.41, 5.74) is 4.01. The van der Waals surface area contributed by atoms with E-state index in [1.165, 1.54) is 15.9 Å². The molecule has 0 fully saturated rings. The van der Waals surface area contributed by atoms with Crippen molar-refractivity contribution in [1.29, 1.82) is 0 Å². The van der Waals surface area contributed by atoms with E-state index in [-0.39, 0.29) is 5.56 Å². The molecule has 9 heteroatoms. The van der Waals surface area contributed by atoms with Gasteiger partial charge in [0.2, 0.25) is 4.96 Å². The SMILES string of the molecule is C=CCOc1ccc(-c2nn(-c3ccccc3)cc2/C=c2\sc3nc(-c4ccc(Br)cc4)nn3c2=O)cc1. The number of para-hydroxylation sites is 1. The highest BCUT2D eigenvalue weighted by atomic mass is 79.9. The van der Waals surface area contributed by atoms with E-state index in [2.05, 4.69) is 32.6 Å². The quantitative estimate of drug-likeness (QED) is 0.231. The van der Waals surface area contributed by atoms with E-state index in [1.807, 2.05) is 95.8 Å². The minimum absolute atomic E-state index is 0.215. The fourth-order valence-electron chi connectivity index (χ4n) is 3.99. The largest absolute Gasteiger partial charge is 0.490 e. The molecule has 6 aromatic rings. The number of aromatic nitrogens is 5. The monoisotopic (exact) mass is 581 g/mol. The van der Waals surface area contributed by atoms with Crippen LogP contribution in [-0.2, 0) is 0 Å². The molecule has 0 aliphatic rings. The number of hydrogen-bond donors (Lipinski definition) is 0. The second kappa shape index (κ2) is 10.2. The molecule has 0 amide bonds. The molecule has 0 atom stereocenters. The van der Waals surface area contributed by atoms with Crippen molar-refractivity contribution in [2.24, 2.45) is 0 Å². The lowest BCUT2D eigenvalue weighted by Gasteiger charge is -2.04. The van der Waals surface area contributed by atoms with Gasteiger partial charge in [-0.15, -0.1) is 5.10 Å². The molecule has 0 saturated heterocycles. The molecule has 0 bridgehead atoms. The second-order valence-corrected chi connectivity index (χ2v) is 10.3. The normalized spacial score (nSPS) is 11.8. The highest BCUT2D eigenvalue weighted by Gasteiger charge is 2.15. The van der Waals surface area contributed by atoms with Crippen molar-refractivity contribution < 1.29 is 4.74 Å². The molecule has 0 spiro atoms. The number of hydrogen-bond acceptors (Lipinski definition) is 6. The fourth-order valence-corrected chi connectivity index (χ4v) is 5.15. The van der Waals surface area contributed by atoms with Crippen LogP contribution in [0.15, 0.2) is 107 Å². The molecule has 0 aliphatic heterocycles. The number of nitrogens with zero attached hydrogens (tertiary/aromatic N) is 5. The third kappa shape index (κ3) is 4.69. The smallest absolute Gasteiger partial charge is 0.291 e. The van der Waals surface area contributed by atoms with Crippen molar-refractivity contribution in [1.82, 2.24) is 24.4 Å². The number of halogens is 1. The van der Waals surface area contributed by atoms with Crippen LogP contribution in [0.2, 0.25) is 0 Å². The predicted octanol–water partition coefficient (Wildman–Crippen LogP) is 5.55. The zero-order valence-corrected chi connectivity index (χ0v) is 22.4. The van der Waals surface area contributed by atoms with Gasteiger partial charge >= 0.3 is 0 Å². The molecule has 0 radical (unpaired) electrons. The first kappa shape index (κ1) is 24.0. The van der Waals surface area contributed by atoms with Crippen molar-refractivity contribution in [3.63, 3.8) is 0 Å². The summed E-state index contributed by atoms with van der Waals surface area (Å²) in [5, 5.41) is 9.33. The predicted molar refractivity (Wildman–Crippen MR) is 154 cm³/mol. The molecule has 6 rings (SSSR count). The van der Waals surface area contributed by atoms with Crippen LogP contribution in [0, 0.1) is 0 Å². The lowest BCUT2D eigenvalue weighted by atomic mass is 10.1. The lowest BCUT2D eigenvalue weighted by Crippen LogP contribution is -2.23. The van der Waals surface area contributed by atoms with Crippen molar-refractivity contribution in [3.8, 4) is 34.1 Å². The maximum Gasteiger partial charge on any atom is 0.291 e. The van der Waals surface area contributed by atoms with Crippen LogP contribution in [0.25, 0.3) is 39.4 Å². The van der Waals surface area contributed by atoms with Crippen molar-refractivity contribution in [2.45, 2.75) is 0 Å². The summed E-state index contributed by atoms with van der Waals surface area (Å²) in [4.78, 5) is 18.4. The molecule has 0 N–H and O–H groups in total. The third-order valence-electron chi connectivity index (χ3n) is 5.83. The molecule has 38 heavy (non-hydrogen) atoms. The molecule has 0 aliphatic carbocycles. The first-order chi connectivity index (χ1) is 18.6. The van der Waals surface area contributed by atoms with Gasteiger partial charge in [0.1, 0.15) is 18.1 Å². The number of ether oxygens (including phenoxy) is 1. The maximum atomic E-state index is 13.3. The fraction of sp³-hybridized carbons (Fsp3) is 0.0345. The molecule has 3 aromatic carbocycles. The summed E-state index contributed by atoms with van der Waals surface area (Å²) >= 11 is 4.74. The van der Waals surface area contributed by atoms with Gasteiger partial charge in [-0.3, -0.25) is 4.79 Å². The van der Waals surface area contributed by atoms with Gasteiger partial charge in [0.05, 0.1) is 10.2 Å². The molecule has 3 aromatic heterocycles. The maximum absolute atomic E-state index is 13.3. The van der Waals surface area contributed by atoms with Crippen LogP contribution in [0.3, 0.4) is 0 Å². The zero-order valence-electron chi connectivity index (χ0n) is 20.0. The number of rotatable bonds is 7. The Morgan fingerprint density at radius 1 is 0.947 bits per heavy atom. The average molecular weight is 582 g/mol. The van der Waals surface area contributed by atoms with Crippen LogP contribution >= 0.6 is 27.3 Å². The van der Waals surface area contributed by atoms with Crippen molar-refractivity contribution in [2.75, 3.05) is 6.61 Å². The van der Waals surface area contributed by atoms with Gasteiger partial charge in [-0.1, -0.05) is 70.3 Å². The summed E-state index contributed by atoms with van der Waals surface area (Å²) < 4.78 is 10.3. The minimum Gasteiger partial charge on any atom is -0.490 e. The number of thiazole rings is 1. The van der Waals surface area contributed by atoms with E-state index >= 15 is 0 Å². The number of benzene rings is 3. The van der Waals surface area contributed by atoms with Gasteiger partial charge in [-0.2, -0.15) is 14.6 Å². The topological polar surface area (TPSA) is 74.3 Å². The molecule has 0 saturated carbocycles. The van der Waals surface area contributed by atoms with E-state index in [1.54, 1.807) is 6.08 Å². The molecule has 3 heterocycles. The minimum atomic E-state index is -0.215. The van der Waals surface area contributed by atoms with E-state index in [0.717, 1.165) is 38.3 Å². The summed E-state index contributed by atoms with van der Waals surface area (Å²) in [6.45, 7) is 4.12. The van der Waals surface area contributed by atoms with E-state index in [4.69, 9.17) is 9.84 Å². The van der Waals surface area contributed by atoms with Crippen LogP contribution in [0.4, 0.5) is 0 Å². The Balaban J connectivity index is 1.44. The highest BCUT2D eigenvalue weighted by molar-refractivity contribution is 9.10. The van der Waals surface area contributed by atoms with Gasteiger partial charge in [0, 0.05) is 27.4 Å². The van der Waals surface area contributed by atoms with Crippen LogP contribution in [0.5, 0.6) is 5.75 Å². The molecular formula is C29H20BrN5O2S. The number of fused-ring (bicyclic) bond motifs is 1. The summed E-state index contributed by atoms with van der Waals surface area (Å²) in [6, 6.07) is 25.2. The molecule has 186 valence electrons. The van der Waals surface area contributed by atoms with Crippen LogP contribution in [-0.4, -0.2) is 31.0 Å². The van der Waals surface area contributed by atoms with Gasteiger partial charge in [0.25, 0.3) is 5.56 Å². The summed E-state index contributed by atoms with van der Waals surface area (Å²) in [6.07, 6.45) is 5.49. The van der Waals surface area contributed by atoms with E-state index < -0.39 is 0 Å². The Hall–Kier alpha value is -4.34. The summed E-state index contributed by atoms with van der Waals surface area (Å²) in [7, 11) is 0. The molecular weight excluding hydrogens is 562 g/mol. The standard InChI is InChI=1S/C29H20BrN5O2S/c1-2-16-37-24-14-10-19(11-15-24)26-21(18-34(32-26)23-6-4-3-5-7-23)17-25-28(36)35-29(38-25)31-27(33-35)20-8-12-22(30)13-9-20/h2-15,17-18H,1,16H2/b25-17-. The van der Waals surface area contributed by atoms with Crippen LogP contribution < -0.4 is 14.8 Å². The van der Waals surface area contributed by atoms with Crippen molar-refractivity contribution >= 4 is 38.3 Å². The van der Waals surface area contributed by atoms with E-state index in [0.29, 0.717) is 21.9 Å². The molecule has 0 unspecified atom stereocenters. The highest BCUT2D eigenvalue weighted by Crippen LogP contribution is 2.27.